The molecule has 2 aromatic heterocycles. The molecule has 160 valence electrons. The topological polar surface area (TPSA) is 116 Å². The normalized spacial score (nSPS) is 16.1. The number of nitrogens with one attached hydrogen (secondary N) is 3. The highest BCUT2D eigenvalue weighted by atomic mass is 32.2. The van der Waals surface area contributed by atoms with Gasteiger partial charge in [0.2, 0.25) is 0 Å². The van der Waals surface area contributed by atoms with Crippen molar-refractivity contribution in [3.8, 4) is 17.1 Å². The number of aryl methyl sites for hydroxylation is 1. The fourth-order valence-electron chi connectivity index (χ4n) is 3.55. The molecule has 0 amide bonds. The average Bonchev–Trinajstić information content (AvgIpc) is 3.18. The molecule has 0 saturated carbocycles. The van der Waals surface area contributed by atoms with Gasteiger partial charge in [-0.15, -0.1) is 0 Å². The summed E-state index contributed by atoms with van der Waals surface area (Å²) in [4.78, 5) is 20.8. The molecule has 0 aliphatic carbocycles. The molecule has 4 rings (SSSR count). The molecule has 1 atom stereocenters. The molecule has 3 N–H and O–H groups in total. The van der Waals surface area contributed by atoms with Gasteiger partial charge in [-0.3, -0.25) is 9.89 Å². The van der Waals surface area contributed by atoms with E-state index in [1.54, 1.807) is 12.1 Å². The van der Waals surface area contributed by atoms with E-state index >= 15 is 0 Å². The number of ether oxygens (including phenoxy) is 1. The minimum atomic E-state index is -1.30. The second-order valence-corrected chi connectivity index (χ2v) is 8.57. The number of hydrogen-bond donors (Lipinski definition) is 3. The summed E-state index contributed by atoms with van der Waals surface area (Å²) in [6.07, 6.45) is 1.65. The van der Waals surface area contributed by atoms with Gasteiger partial charge in [0.25, 0.3) is 5.56 Å². The molecular formula is C20H26N6O3S. The monoisotopic (exact) mass is 430 g/mol. The average molecular weight is 431 g/mol. The van der Waals surface area contributed by atoms with Crippen LogP contribution in [-0.2, 0) is 17.4 Å². The van der Waals surface area contributed by atoms with Crippen molar-refractivity contribution < 1.29 is 8.95 Å². The largest absolute Gasteiger partial charge is 0.493 e. The predicted octanol–water partition coefficient (Wildman–Crippen LogP) is 1.59. The Bertz CT molecular complexity index is 1120. The van der Waals surface area contributed by atoms with Crippen molar-refractivity contribution >= 4 is 22.0 Å². The van der Waals surface area contributed by atoms with E-state index in [4.69, 9.17) is 4.74 Å². The van der Waals surface area contributed by atoms with E-state index in [2.05, 4.69) is 32.4 Å². The summed E-state index contributed by atoms with van der Waals surface area (Å²) in [7, 11) is -1.30. The molecule has 0 radical (unpaired) electrons. The fraction of sp³-hybridized carbons (Fsp3) is 0.450. The lowest BCUT2D eigenvalue weighted by molar-refractivity contribution is 0.341. The number of H-pyrrole nitrogens is 2. The highest BCUT2D eigenvalue weighted by Gasteiger charge is 2.21. The molecular weight excluding hydrogens is 404 g/mol. The number of aromatic nitrogens is 4. The van der Waals surface area contributed by atoms with E-state index in [1.807, 2.05) is 17.3 Å². The van der Waals surface area contributed by atoms with Crippen LogP contribution >= 0.6 is 0 Å². The van der Waals surface area contributed by atoms with Crippen LogP contribution in [-0.4, -0.2) is 61.5 Å². The first kappa shape index (κ1) is 20.7. The van der Waals surface area contributed by atoms with Gasteiger partial charge >= 0.3 is 0 Å². The quantitative estimate of drug-likeness (QED) is 0.524. The van der Waals surface area contributed by atoms with Crippen LogP contribution in [0.3, 0.4) is 0 Å². The Morgan fingerprint density at radius 1 is 1.20 bits per heavy atom. The third kappa shape index (κ3) is 4.03. The second-order valence-electron chi connectivity index (χ2n) is 7.08. The van der Waals surface area contributed by atoms with Crippen LogP contribution < -0.4 is 15.6 Å². The van der Waals surface area contributed by atoms with Gasteiger partial charge in [0.15, 0.2) is 5.52 Å². The molecule has 1 aliphatic heterocycles. The van der Waals surface area contributed by atoms with Crippen LogP contribution in [0.4, 0.5) is 0 Å². The first-order valence-electron chi connectivity index (χ1n) is 10.2. The lowest BCUT2D eigenvalue weighted by atomic mass is 10.1. The number of nitrogens with zero attached hydrogens (tertiary/aromatic N) is 3. The van der Waals surface area contributed by atoms with Crippen LogP contribution in [0.25, 0.3) is 22.4 Å². The molecule has 1 aromatic carbocycles. The summed E-state index contributed by atoms with van der Waals surface area (Å²) in [5.41, 5.74) is 1.98. The van der Waals surface area contributed by atoms with Crippen molar-refractivity contribution in [2.24, 2.45) is 0 Å². The number of fused-ring (bicyclic) bond motifs is 1. The maximum absolute atomic E-state index is 13.1. The van der Waals surface area contributed by atoms with Gasteiger partial charge in [-0.05, 0) is 31.5 Å². The Hall–Kier alpha value is -2.56. The van der Waals surface area contributed by atoms with Gasteiger partial charge in [0, 0.05) is 26.2 Å². The molecule has 1 fully saturated rings. The summed E-state index contributed by atoms with van der Waals surface area (Å²) in [6, 6.07) is 5.40. The van der Waals surface area contributed by atoms with E-state index in [1.165, 1.54) is 0 Å². The number of rotatable bonds is 7. The summed E-state index contributed by atoms with van der Waals surface area (Å²) < 4.78 is 20.8. The molecule has 10 heteroatoms. The van der Waals surface area contributed by atoms with Crippen LogP contribution in [0, 0.1) is 0 Å². The van der Waals surface area contributed by atoms with Crippen molar-refractivity contribution in [1.29, 1.82) is 0 Å². The van der Waals surface area contributed by atoms with Gasteiger partial charge in [-0.2, -0.15) is 5.10 Å². The Morgan fingerprint density at radius 3 is 2.73 bits per heavy atom. The third-order valence-corrected chi connectivity index (χ3v) is 6.49. The van der Waals surface area contributed by atoms with Gasteiger partial charge < -0.3 is 15.0 Å². The van der Waals surface area contributed by atoms with Crippen molar-refractivity contribution in [2.75, 3.05) is 32.8 Å². The number of hydrogen-bond acceptors (Lipinski definition) is 6. The zero-order valence-electron chi connectivity index (χ0n) is 17.2. The Kier molecular flexibility index (Phi) is 6.26. The standard InChI is InChI=1S/C20H26N6O3S/c1-3-5-15-17-18(25-24-15)20(27)23-19(22-17)14-12-13(6-7-16(14)29-4-2)30(28)26-10-8-21-9-11-26/h6-7,12,21H,3-5,8-11H2,1-2H3,(H,24,25)(H,22,23,27). The van der Waals surface area contributed by atoms with E-state index < -0.39 is 11.0 Å². The molecule has 9 nitrogen and oxygen atoms in total. The van der Waals surface area contributed by atoms with E-state index in [0.29, 0.717) is 52.8 Å². The van der Waals surface area contributed by atoms with Crippen molar-refractivity contribution in [1.82, 2.24) is 29.8 Å². The molecule has 1 unspecified atom stereocenters. The Balaban J connectivity index is 1.80. The highest BCUT2D eigenvalue weighted by Crippen LogP contribution is 2.31. The molecule has 3 heterocycles. The van der Waals surface area contributed by atoms with Crippen molar-refractivity contribution in [3.05, 3.63) is 34.2 Å². The number of aromatic amines is 2. The van der Waals surface area contributed by atoms with Crippen LogP contribution in [0.5, 0.6) is 5.75 Å². The Labute approximate surface area is 176 Å². The summed E-state index contributed by atoms with van der Waals surface area (Å²) in [5.74, 6) is 0.968. The predicted molar refractivity (Wildman–Crippen MR) is 116 cm³/mol. The molecule has 1 saturated heterocycles. The van der Waals surface area contributed by atoms with E-state index in [9.17, 15) is 9.00 Å². The van der Waals surface area contributed by atoms with E-state index in [0.717, 1.165) is 31.6 Å². The van der Waals surface area contributed by atoms with Gasteiger partial charge in [0.05, 0.1) is 22.8 Å². The van der Waals surface area contributed by atoms with E-state index in [-0.39, 0.29) is 5.56 Å². The first-order chi connectivity index (χ1) is 14.6. The molecule has 0 spiro atoms. The fourth-order valence-corrected chi connectivity index (χ4v) is 4.77. The van der Waals surface area contributed by atoms with Gasteiger partial charge in [0.1, 0.15) is 28.1 Å². The molecule has 0 bridgehead atoms. The zero-order valence-corrected chi connectivity index (χ0v) is 18.0. The zero-order chi connectivity index (χ0) is 21.1. The number of piperazine rings is 1. The van der Waals surface area contributed by atoms with Crippen molar-refractivity contribution in [2.45, 2.75) is 31.6 Å². The Morgan fingerprint density at radius 2 is 2.00 bits per heavy atom. The van der Waals surface area contributed by atoms with Crippen LogP contribution in [0.1, 0.15) is 26.0 Å². The maximum atomic E-state index is 13.1. The number of benzene rings is 1. The summed E-state index contributed by atoms with van der Waals surface area (Å²) in [6.45, 7) is 7.46. The molecule has 3 aromatic rings. The molecule has 1 aliphatic rings. The second kappa shape index (κ2) is 9.07. The third-order valence-electron chi connectivity index (χ3n) is 5.00. The minimum Gasteiger partial charge on any atom is -0.493 e. The summed E-state index contributed by atoms with van der Waals surface area (Å²) in [5, 5.41) is 10.3. The first-order valence-corrected chi connectivity index (χ1v) is 11.3. The lowest BCUT2D eigenvalue weighted by Crippen LogP contribution is -2.44. The van der Waals surface area contributed by atoms with Gasteiger partial charge in [-0.1, -0.05) is 13.3 Å². The van der Waals surface area contributed by atoms with Crippen LogP contribution in [0.15, 0.2) is 27.9 Å². The highest BCUT2D eigenvalue weighted by molar-refractivity contribution is 7.82. The van der Waals surface area contributed by atoms with Crippen LogP contribution in [0.2, 0.25) is 0 Å². The lowest BCUT2D eigenvalue weighted by Gasteiger charge is -2.26. The summed E-state index contributed by atoms with van der Waals surface area (Å²) >= 11 is 0. The smallest absolute Gasteiger partial charge is 0.279 e. The maximum Gasteiger partial charge on any atom is 0.279 e. The van der Waals surface area contributed by atoms with Gasteiger partial charge in [-0.25, -0.2) is 13.5 Å². The van der Waals surface area contributed by atoms with Crippen molar-refractivity contribution in [3.63, 3.8) is 0 Å². The minimum absolute atomic E-state index is 0.292. The SMILES string of the molecule is CCCc1[nH]nc2c(=O)[nH]c(-c3cc(S(=O)N4CCNCC4)ccc3OCC)nc12. The molecule has 30 heavy (non-hydrogen) atoms.